The number of halogens is 1. The van der Waals surface area contributed by atoms with Gasteiger partial charge in [-0.25, -0.2) is 0 Å². The lowest BCUT2D eigenvalue weighted by Gasteiger charge is -2.46. The fourth-order valence-corrected chi connectivity index (χ4v) is 5.64. The number of hydrogen-bond donors (Lipinski definition) is 1. The van der Waals surface area contributed by atoms with Gasteiger partial charge >= 0.3 is 0 Å². The van der Waals surface area contributed by atoms with Gasteiger partial charge in [-0.1, -0.05) is 65.8 Å². The highest BCUT2D eigenvalue weighted by Crippen LogP contribution is 2.47. The molecule has 2 aromatic rings. The highest BCUT2D eigenvalue weighted by atomic mass is 35.5. The van der Waals surface area contributed by atoms with Crippen molar-refractivity contribution in [3.63, 3.8) is 0 Å². The first-order valence-electron chi connectivity index (χ1n) is 10.5. The van der Waals surface area contributed by atoms with Gasteiger partial charge in [-0.3, -0.25) is 4.79 Å². The van der Waals surface area contributed by atoms with Gasteiger partial charge in [0.05, 0.1) is 11.6 Å². The molecule has 6 unspecified atom stereocenters. The molecule has 6 atom stereocenters. The molecular formula is C24H25ClN2O2. The maximum Gasteiger partial charge on any atom is 0.229 e. The van der Waals surface area contributed by atoms with Gasteiger partial charge in [0.15, 0.2) is 6.10 Å². The van der Waals surface area contributed by atoms with E-state index in [2.05, 4.69) is 34.7 Å². The van der Waals surface area contributed by atoms with Crippen molar-refractivity contribution in [1.82, 2.24) is 5.32 Å². The van der Waals surface area contributed by atoms with Crippen molar-refractivity contribution in [2.24, 2.45) is 17.0 Å². The number of hydrogen-bond acceptors (Lipinski definition) is 3. The molecule has 0 aromatic heterocycles. The van der Waals surface area contributed by atoms with E-state index in [1.165, 1.54) is 5.56 Å². The van der Waals surface area contributed by atoms with Crippen LogP contribution in [0.5, 0.6) is 0 Å². The summed E-state index contributed by atoms with van der Waals surface area (Å²) in [5, 5.41) is 7.87. The van der Waals surface area contributed by atoms with E-state index in [1.807, 2.05) is 36.4 Å². The van der Waals surface area contributed by atoms with Gasteiger partial charge in [0.25, 0.3) is 0 Å². The molecule has 150 valence electrons. The van der Waals surface area contributed by atoms with Crippen LogP contribution in [0.15, 0.2) is 65.8 Å². The van der Waals surface area contributed by atoms with E-state index in [-0.39, 0.29) is 35.3 Å². The van der Waals surface area contributed by atoms with Crippen molar-refractivity contribution >= 4 is 23.2 Å². The van der Waals surface area contributed by atoms with Crippen LogP contribution in [0.3, 0.4) is 0 Å². The Hall–Kier alpha value is -2.33. The van der Waals surface area contributed by atoms with Crippen LogP contribution in [0.25, 0.3) is 0 Å². The quantitative estimate of drug-likeness (QED) is 0.741. The molecular weight excluding hydrogens is 384 g/mol. The first kappa shape index (κ1) is 18.7. The maximum absolute atomic E-state index is 13.3. The van der Waals surface area contributed by atoms with Gasteiger partial charge in [0, 0.05) is 23.8 Å². The Bertz CT molecular complexity index is 902. The van der Waals surface area contributed by atoms with Crippen molar-refractivity contribution < 1.29 is 9.63 Å². The number of alkyl halides is 1. The van der Waals surface area contributed by atoms with E-state index in [1.54, 1.807) is 0 Å². The van der Waals surface area contributed by atoms with E-state index in [0.29, 0.717) is 12.3 Å². The van der Waals surface area contributed by atoms with Crippen molar-refractivity contribution in [1.29, 1.82) is 0 Å². The number of carbonyl (C=O) groups excluding carboxylic acids is 1. The van der Waals surface area contributed by atoms with E-state index < -0.39 is 0 Å². The molecule has 2 fully saturated rings. The van der Waals surface area contributed by atoms with Gasteiger partial charge < -0.3 is 10.2 Å². The zero-order chi connectivity index (χ0) is 19.8. The fourth-order valence-electron chi connectivity index (χ4n) is 5.31. The zero-order valence-corrected chi connectivity index (χ0v) is 17.0. The number of rotatable bonds is 3. The van der Waals surface area contributed by atoms with Gasteiger partial charge in [-0.2, -0.15) is 0 Å². The molecule has 0 radical (unpaired) electrons. The minimum absolute atomic E-state index is 0.0733. The molecule has 29 heavy (non-hydrogen) atoms. The molecule has 1 aliphatic carbocycles. The van der Waals surface area contributed by atoms with Gasteiger partial charge in [-0.15, -0.1) is 11.6 Å². The van der Waals surface area contributed by atoms with Gasteiger partial charge in [-0.05, 0) is 36.3 Å². The third kappa shape index (κ3) is 3.55. The summed E-state index contributed by atoms with van der Waals surface area (Å²) in [5.74, 6) is 0.154. The second-order valence-corrected chi connectivity index (χ2v) is 9.01. The summed E-state index contributed by atoms with van der Waals surface area (Å²) in [6.07, 6.45) is 3.33. The number of piperidine rings is 1. The van der Waals surface area contributed by atoms with Crippen LogP contribution >= 0.6 is 11.6 Å². The predicted molar refractivity (Wildman–Crippen MR) is 114 cm³/mol. The van der Waals surface area contributed by atoms with Crippen LogP contribution in [0.2, 0.25) is 0 Å². The Morgan fingerprint density at radius 2 is 1.66 bits per heavy atom. The third-order valence-corrected chi connectivity index (χ3v) is 7.07. The molecule has 1 saturated heterocycles. The van der Waals surface area contributed by atoms with E-state index in [0.717, 1.165) is 30.5 Å². The number of nitrogens with zero attached hydrogens (tertiary/aromatic N) is 1. The monoisotopic (exact) mass is 408 g/mol. The molecule has 0 spiro atoms. The van der Waals surface area contributed by atoms with Crippen molar-refractivity contribution in [2.75, 3.05) is 0 Å². The minimum atomic E-state index is -0.311. The lowest BCUT2D eigenvalue weighted by molar-refractivity contribution is -0.128. The number of fused-ring (bicyclic) bond motifs is 1. The Labute approximate surface area is 176 Å². The first-order chi connectivity index (χ1) is 14.2. The summed E-state index contributed by atoms with van der Waals surface area (Å²) in [6, 6.07) is 20.7. The lowest BCUT2D eigenvalue weighted by atomic mass is 9.64. The highest BCUT2D eigenvalue weighted by molar-refractivity contribution is 6.20. The summed E-state index contributed by atoms with van der Waals surface area (Å²) in [6.45, 7) is 0. The Balaban J connectivity index is 1.47. The van der Waals surface area contributed by atoms with E-state index in [9.17, 15) is 4.79 Å². The lowest BCUT2D eigenvalue weighted by Crippen LogP contribution is -2.57. The Kier molecular flexibility index (Phi) is 5.04. The Morgan fingerprint density at radius 1 is 0.966 bits per heavy atom. The Morgan fingerprint density at radius 3 is 2.38 bits per heavy atom. The smallest absolute Gasteiger partial charge is 0.229 e. The summed E-state index contributed by atoms with van der Waals surface area (Å²) < 4.78 is 0. The number of nitrogens with one attached hydrogen (secondary N) is 1. The van der Waals surface area contributed by atoms with Crippen LogP contribution in [0, 0.1) is 11.8 Å². The molecule has 1 saturated carbocycles. The summed E-state index contributed by atoms with van der Waals surface area (Å²) in [4.78, 5) is 19.0. The largest absolute Gasteiger partial charge is 0.387 e. The zero-order valence-electron chi connectivity index (χ0n) is 16.2. The summed E-state index contributed by atoms with van der Waals surface area (Å²) in [7, 11) is 0. The number of amides is 1. The number of oxime groups is 1. The van der Waals surface area contributed by atoms with Gasteiger partial charge in [0.2, 0.25) is 5.91 Å². The van der Waals surface area contributed by atoms with Crippen LogP contribution in [0.4, 0.5) is 0 Å². The second kappa shape index (κ2) is 7.83. The van der Waals surface area contributed by atoms with Crippen LogP contribution in [-0.2, 0) is 9.63 Å². The normalized spacial score (nSPS) is 34.0. The standard InChI is InChI=1S/C24H25ClN2O2/c25-17-11-12-19-18(13-17)22(16-9-5-2-6-10-16)23(24(28)26-19)20-14-21(29-27-20)15-7-3-1-4-8-15/h1-10,17-19,21-23H,11-14H2,(H,26,28). The molecule has 3 aliphatic rings. The molecule has 2 aromatic carbocycles. The number of benzene rings is 2. The van der Waals surface area contributed by atoms with E-state index >= 15 is 0 Å². The maximum atomic E-state index is 13.3. The van der Waals surface area contributed by atoms with Crippen molar-refractivity contribution in [2.45, 2.75) is 49.1 Å². The second-order valence-electron chi connectivity index (χ2n) is 8.39. The molecule has 4 nitrogen and oxygen atoms in total. The first-order valence-corrected chi connectivity index (χ1v) is 10.9. The molecule has 1 N–H and O–H groups in total. The molecule has 0 bridgehead atoms. The summed E-state index contributed by atoms with van der Waals surface area (Å²) >= 11 is 6.57. The predicted octanol–water partition coefficient (Wildman–Crippen LogP) is 4.81. The fraction of sp³-hybridized carbons (Fsp3) is 0.417. The SMILES string of the molecule is O=C1NC2CCC(Cl)CC2C(c2ccccc2)C1C1=NOC(c2ccccc2)C1. The number of carbonyl (C=O) groups is 1. The van der Waals surface area contributed by atoms with Crippen molar-refractivity contribution in [3.8, 4) is 0 Å². The topological polar surface area (TPSA) is 50.7 Å². The van der Waals surface area contributed by atoms with Crippen LogP contribution in [0.1, 0.15) is 48.8 Å². The van der Waals surface area contributed by atoms with Crippen molar-refractivity contribution in [3.05, 3.63) is 71.8 Å². The van der Waals surface area contributed by atoms with Crippen LogP contribution < -0.4 is 5.32 Å². The highest BCUT2D eigenvalue weighted by Gasteiger charge is 2.50. The van der Waals surface area contributed by atoms with E-state index in [4.69, 9.17) is 16.4 Å². The molecule has 2 aliphatic heterocycles. The average Bonchev–Trinajstić information content (AvgIpc) is 3.24. The molecule has 1 amide bonds. The average molecular weight is 409 g/mol. The third-order valence-electron chi connectivity index (χ3n) is 6.67. The molecule has 5 heteroatoms. The molecule has 5 rings (SSSR count). The summed E-state index contributed by atoms with van der Waals surface area (Å²) in [5.41, 5.74) is 3.13. The molecule has 2 heterocycles. The van der Waals surface area contributed by atoms with Gasteiger partial charge in [0.1, 0.15) is 0 Å². The van der Waals surface area contributed by atoms with Crippen LogP contribution in [-0.4, -0.2) is 23.0 Å². The minimum Gasteiger partial charge on any atom is -0.387 e.